The summed E-state index contributed by atoms with van der Waals surface area (Å²) in [7, 11) is 0. The van der Waals surface area contributed by atoms with Gasteiger partial charge in [0.1, 0.15) is 5.82 Å². The molecule has 0 unspecified atom stereocenters. The summed E-state index contributed by atoms with van der Waals surface area (Å²) in [6.07, 6.45) is 0. The van der Waals surface area contributed by atoms with Crippen molar-refractivity contribution >= 4 is 17.4 Å². The molecule has 0 saturated heterocycles. The Morgan fingerprint density at radius 2 is 1.90 bits per heavy atom. The molecule has 0 bridgehead atoms. The molecule has 0 radical (unpaired) electrons. The largest absolute Gasteiger partial charge is 0.409 e. The Balaban J connectivity index is 2.04. The monoisotopic (exact) mass is 308 g/mol. The van der Waals surface area contributed by atoms with Crippen LogP contribution in [0, 0.1) is 5.82 Å². The first kappa shape index (κ1) is 15.3. The van der Waals surface area contributed by atoms with E-state index in [0.29, 0.717) is 22.8 Å². The van der Waals surface area contributed by atoms with E-state index in [-0.39, 0.29) is 12.4 Å². The Labute approximate surface area is 126 Å². The van der Waals surface area contributed by atoms with E-state index in [9.17, 15) is 4.39 Å². The van der Waals surface area contributed by atoms with Crippen molar-refractivity contribution in [3.63, 3.8) is 0 Å². The summed E-state index contributed by atoms with van der Waals surface area (Å²) in [5.41, 5.74) is 7.44. The summed E-state index contributed by atoms with van der Waals surface area (Å²) >= 11 is 5.80. The van der Waals surface area contributed by atoms with Crippen molar-refractivity contribution in [2.75, 3.05) is 0 Å². The number of oxime groups is 1. The fraction of sp³-hybridized carbons (Fsp3) is 0.133. The first-order chi connectivity index (χ1) is 10.1. The van der Waals surface area contributed by atoms with Crippen molar-refractivity contribution in [3.8, 4) is 0 Å². The second-order valence-electron chi connectivity index (χ2n) is 4.41. The molecule has 4 nitrogen and oxygen atoms in total. The summed E-state index contributed by atoms with van der Waals surface area (Å²) in [6, 6.07) is 11.3. The lowest BCUT2D eigenvalue weighted by molar-refractivity contribution is 0.107. The van der Waals surface area contributed by atoms with Gasteiger partial charge in [0.25, 0.3) is 0 Å². The maximum Gasteiger partial charge on any atom is 0.170 e. The second-order valence-corrected chi connectivity index (χ2v) is 4.84. The molecule has 21 heavy (non-hydrogen) atoms. The van der Waals surface area contributed by atoms with Crippen LogP contribution in [0.5, 0.6) is 0 Å². The van der Waals surface area contributed by atoms with E-state index in [0.717, 1.165) is 5.56 Å². The molecule has 0 saturated carbocycles. The fourth-order valence-electron chi connectivity index (χ4n) is 1.83. The smallest absolute Gasteiger partial charge is 0.170 e. The Hall–Kier alpha value is -2.11. The zero-order valence-electron chi connectivity index (χ0n) is 11.1. The van der Waals surface area contributed by atoms with Gasteiger partial charge in [0.2, 0.25) is 0 Å². The highest BCUT2D eigenvalue weighted by atomic mass is 35.5. The predicted molar refractivity (Wildman–Crippen MR) is 78.9 cm³/mol. The number of rotatable bonds is 5. The Morgan fingerprint density at radius 3 is 2.57 bits per heavy atom. The summed E-state index contributed by atoms with van der Waals surface area (Å²) in [6.45, 7) is 0.596. The molecule has 0 amide bonds. The lowest BCUT2D eigenvalue weighted by Gasteiger charge is -2.09. The first-order valence-corrected chi connectivity index (χ1v) is 6.56. The number of hydrogen-bond acceptors (Lipinski definition) is 3. The molecule has 6 heteroatoms. The van der Waals surface area contributed by atoms with Crippen molar-refractivity contribution in [2.45, 2.75) is 13.2 Å². The number of benzene rings is 2. The zero-order chi connectivity index (χ0) is 15.2. The average molecular weight is 309 g/mol. The summed E-state index contributed by atoms with van der Waals surface area (Å²) in [5.74, 6) is -0.613. The van der Waals surface area contributed by atoms with Gasteiger partial charge in [-0.15, -0.1) is 0 Å². The molecule has 2 rings (SSSR count). The van der Waals surface area contributed by atoms with E-state index in [2.05, 4.69) is 5.16 Å². The zero-order valence-corrected chi connectivity index (χ0v) is 11.8. The van der Waals surface area contributed by atoms with E-state index in [1.807, 2.05) is 12.1 Å². The minimum atomic E-state index is -0.460. The minimum absolute atomic E-state index is 0.153. The van der Waals surface area contributed by atoms with Gasteiger partial charge < -0.3 is 15.7 Å². The highest BCUT2D eigenvalue weighted by Gasteiger charge is 2.09. The molecule has 110 valence electrons. The maximum atomic E-state index is 13.2. The van der Waals surface area contributed by atoms with E-state index in [4.69, 9.17) is 27.3 Å². The number of amidine groups is 1. The van der Waals surface area contributed by atoms with Crippen LogP contribution in [-0.2, 0) is 18.0 Å². The first-order valence-electron chi connectivity index (χ1n) is 6.18. The average Bonchev–Trinajstić information content (AvgIpc) is 2.50. The third kappa shape index (κ3) is 4.18. The lowest BCUT2D eigenvalue weighted by atomic mass is 10.1. The summed E-state index contributed by atoms with van der Waals surface area (Å²) in [4.78, 5) is 0. The Bertz CT molecular complexity index is 645. The van der Waals surface area contributed by atoms with Gasteiger partial charge in [-0.1, -0.05) is 35.0 Å². The lowest BCUT2D eigenvalue weighted by Crippen LogP contribution is -2.16. The van der Waals surface area contributed by atoms with Crippen LogP contribution in [0.15, 0.2) is 47.6 Å². The van der Waals surface area contributed by atoms with E-state index < -0.39 is 5.82 Å². The Morgan fingerprint density at radius 1 is 1.19 bits per heavy atom. The highest BCUT2D eigenvalue weighted by molar-refractivity contribution is 6.30. The maximum absolute atomic E-state index is 13.2. The van der Waals surface area contributed by atoms with Crippen LogP contribution in [0.4, 0.5) is 4.39 Å². The van der Waals surface area contributed by atoms with Crippen molar-refractivity contribution in [1.82, 2.24) is 0 Å². The minimum Gasteiger partial charge on any atom is -0.409 e. The van der Waals surface area contributed by atoms with Crippen LogP contribution in [-0.4, -0.2) is 11.0 Å². The molecule has 0 aromatic heterocycles. The Kier molecular flexibility index (Phi) is 5.14. The molecule has 0 atom stereocenters. The van der Waals surface area contributed by atoms with Gasteiger partial charge in [0.05, 0.1) is 13.2 Å². The van der Waals surface area contributed by atoms with E-state index in [1.165, 1.54) is 12.1 Å². The van der Waals surface area contributed by atoms with Crippen molar-refractivity contribution in [2.24, 2.45) is 10.9 Å². The molecule has 0 aliphatic rings. The van der Waals surface area contributed by atoms with Crippen LogP contribution in [0.3, 0.4) is 0 Å². The molecule has 0 fully saturated rings. The quantitative estimate of drug-likeness (QED) is 0.385. The van der Waals surface area contributed by atoms with Crippen LogP contribution in [0.1, 0.15) is 16.7 Å². The molecule has 0 aliphatic carbocycles. The summed E-state index contributed by atoms with van der Waals surface area (Å²) in [5, 5.41) is 12.3. The van der Waals surface area contributed by atoms with E-state index in [1.54, 1.807) is 18.2 Å². The molecule has 0 heterocycles. The van der Waals surface area contributed by atoms with E-state index >= 15 is 0 Å². The third-order valence-electron chi connectivity index (χ3n) is 2.90. The third-order valence-corrected chi connectivity index (χ3v) is 3.15. The molecular weight excluding hydrogens is 295 g/mol. The highest BCUT2D eigenvalue weighted by Crippen LogP contribution is 2.15. The molecule has 0 spiro atoms. The molecule has 0 aliphatic heterocycles. The standard InChI is InChI=1S/C15H14ClFN2O2/c16-12-4-1-10(2-5-12)8-21-9-11-3-6-13(17)7-14(11)15(18)19-20/h1-7,20H,8-9H2,(H2,18,19). The normalized spacial score (nSPS) is 11.6. The van der Waals surface area contributed by atoms with Gasteiger partial charge in [-0.25, -0.2) is 4.39 Å². The van der Waals surface area contributed by atoms with Crippen LogP contribution >= 0.6 is 11.6 Å². The number of nitrogens with zero attached hydrogens (tertiary/aromatic N) is 1. The number of nitrogens with two attached hydrogens (primary N) is 1. The van der Waals surface area contributed by atoms with Gasteiger partial charge >= 0.3 is 0 Å². The van der Waals surface area contributed by atoms with Crippen molar-refractivity contribution in [3.05, 3.63) is 70.0 Å². The molecule has 3 N–H and O–H groups in total. The van der Waals surface area contributed by atoms with Crippen molar-refractivity contribution in [1.29, 1.82) is 0 Å². The van der Waals surface area contributed by atoms with Gasteiger partial charge in [0, 0.05) is 10.6 Å². The predicted octanol–water partition coefficient (Wildman–Crippen LogP) is 3.29. The fourth-order valence-corrected chi connectivity index (χ4v) is 1.95. The van der Waals surface area contributed by atoms with Gasteiger partial charge in [-0.3, -0.25) is 0 Å². The SMILES string of the molecule is NC(=NO)c1cc(F)ccc1COCc1ccc(Cl)cc1. The van der Waals surface area contributed by atoms with Crippen LogP contribution in [0.25, 0.3) is 0 Å². The second kappa shape index (κ2) is 7.06. The topological polar surface area (TPSA) is 67.8 Å². The molecular formula is C15H14ClFN2O2. The van der Waals surface area contributed by atoms with Gasteiger partial charge in [0.15, 0.2) is 5.84 Å². The number of halogens is 2. The summed E-state index contributed by atoms with van der Waals surface area (Å²) < 4.78 is 18.8. The van der Waals surface area contributed by atoms with Crippen LogP contribution in [0.2, 0.25) is 5.02 Å². The number of ether oxygens (including phenoxy) is 1. The van der Waals surface area contributed by atoms with Gasteiger partial charge in [-0.05, 0) is 35.4 Å². The van der Waals surface area contributed by atoms with Crippen LogP contribution < -0.4 is 5.73 Å². The number of hydrogen-bond donors (Lipinski definition) is 2. The molecule has 2 aromatic carbocycles. The van der Waals surface area contributed by atoms with Gasteiger partial charge in [-0.2, -0.15) is 0 Å². The molecule has 2 aromatic rings. The van der Waals surface area contributed by atoms with Crippen molar-refractivity contribution < 1.29 is 14.3 Å².